The van der Waals surface area contributed by atoms with Crippen LogP contribution in [0.5, 0.6) is 5.75 Å². The molecule has 0 spiro atoms. The summed E-state index contributed by atoms with van der Waals surface area (Å²) in [6, 6.07) is 9.52. The highest BCUT2D eigenvalue weighted by Gasteiger charge is 2.23. The Morgan fingerprint density at radius 2 is 1.95 bits per heavy atom. The third kappa shape index (κ3) is 2.62. The monoisotopic (exact) mass is 415 g/mol. The van der Waals surface area contributed by atoms with Crippen molar-refractivity contribution in [2.24, 2.45) is 5.73 Å². The summed E-state index contributed by atoms with van der Waals surface area (Å²) in [5.74, 6) is 0.883. The fourth-order valence-electron chi connectivity index (χ4n) is 2.45. The maximum Gasteiger partial charge on any atom is 0.127 e. The zero-order chi connectivity index (χ0) is 14.3. The number of ether oxygens (including phenoxy) is 1. The van der Waals surface area contributed by atoms with Crippen LogP contribution in [0.25, 0.3) is 0 Å². The Bertz CT molecular complexity index is 675. The Kier molecular flexibility index (Phi) is 4.09. The molecular weight excluding hydrogens is 405 g/mol. The Balaban J connectivity index is 2.11. The standard InChI is InChI=1S/C15H12Br2ClNO/c16-9-1-2-13(17)11(6-9)14(19)12-7-10(18)5-8-3-4-20-15(8)12/h1-2,5-7,14H,3-4,19H2. The van der Waals surface area contributed by atoms with E-state index in [9.17, 15) is 0 Å². The zero-order valence-corrected chi connectivity index (χ0v) is 14.4. The molecule has 1 aliphatic rings. The van der Waals surface area contributed by atoms with E-state index >= 15 is 0 Å². The van der Waals surface area contributed by atoms with Crippen molar-refractivity contribution in [1.29, 1.82) is 0 Å². The molecule has 0 bridgehead atoms. The Morgan fingerprint density at radius 3 is 2.75 bits per heavy atom. The molecular formula is C15H12Br2ClNO. The van der Waals surface area contributed by atoms with E-state index in [0.717, 1.165) is 37.8 Å². The first-order chi connectivity index (χ1) is 9.56. The molecule has 104 valence electrons. The van der Waals surface area contributed by atoms with E-state index in [0.29, 0.717) is 11.6 Å². The van der Waals surface area contributed by atoms with Gasteiger partial charge in [0.25, 0.3) is 0 Å². The number of hydrogen-bond acceptors (Lipinski definition) is 2. The van der Waals surface area contributed by atoms with Crippen LogP contribution in [0.3, 0.4) is 0 Å². The molecule has 20 heavy (non-hydrogen) atoms. The topological polar surface area (TPSA) is 35.2 Å². The number of rotatable bonds is 2. The van der Waals surface area contributed by atoms with Crippen molar-refractivity contribution in [3.05, 3.63) is 61.0 Å². The number of halogens is 3. The molecule has 0 aliphatic carbocycles. The third-order valence-electron chi connectivity index (χ3n) is 3.41. The summed E-state index contributed by atoms with van der Waals surface area (Å²) in [5.41, 5.74) is 9.51. The van der Waals surface area contributed by atoms with Gasteiger partial charge < -0.3 is 10.5 Å². The van der Waals surface area contributed by atoms with Crippen molar-refractivity contribution in [2.45, 2.75) is 12.5 Å². The van der Waals surface area contributed by atoms with Gasteiger partial charge >= 0.3 is 0 Å². The van der Waals surface area contributed by atoms with Crippen LogP contribution in [0.15, 0.2) is 39.3 Å². The molecule has 0 saturated heterocycles. The molecule has 2 aromatic rings. The lowest BCUT2D eigenvalue weighted by Gasteiger charge is -2.18. The predicted octanol–water partition coefficient (Wildman–Crippen LogP) is 4.85. The van der Waals surface area contributed by atoms with E-state index < -0.39 is 0 Å². The van der Waals surface area contributed by atoms with Gasteiger partial charge in [-0.1, -0.05) is 43.5 Å². The molecule has 2 aromatic carbocycles. The number of fused-ring (bicyclic) bond motifs is 1. The normalized spacial score (nSPS) is 14.8. The maximum atomic E-state index is 6.44. The van der Waals surface area contributed by atoms with Gasteiger partial charge in [0, 0.05) is 26.0 Å². The van der Waals surface area contributed by atoms with Crippen molar-refractivity contribution in [3.8, 4) is 5.75 Å². The smallest absolute Gasteiger partial charge is 0.127 e. The van der Waals surface area contributed by atoms with Gasteiger partial charge in [-0.25, -0.2) is 0 Å². The molecule has 5 heteroatoms. The molecule has 2 N–H and O–H groups in total. The molecule has 0 aromatic heterocycles. The van der Waals surface area contributed by atoms with Gasteiger partial charge in [-0.3, -0.25) is 0 Å². The first kappa shape index (κ1) is 14.4. The molecule has 3 rings (SSSR count). The summed E-state index contributed by atoms with van der Waals surface area (Å²) in [4.78, 5) is 0. The van der Waals surface area contributed by atoms with E-state index in [1.807, 2.05) is 30.3 Å². The first-order valence-electron chi connectivity index (χ1n) is 6.22. The second kappa shape index (κ2) is 5.68. The summed E-state index contributed by atoms with van der Waals surface area (Å²) in [5, 5.41) is 0.700. The highest BCUT2D eigenvalue weighted by Crippen LogP contribution is 2.39. The minimum Gasteiger partial charge on any atom is -0.493 e. The quantitative estimate of drug-likeness (QED) is 0.758. The summed E-state index contributed by atoms with van der Waals surface area (Å²) in [6.07, 6.45) is 0.884. The minimum absolute atomic E-state index is 0.285. The van der Waals surface area contributed by atoms with E-state index in [-0.39, 0.29) is 6.04 Å². The fourth-order valence-corrected chi connectivity index (χ4v) is 3.57. The highest BCUT2D eigenvalue weighted by molar-refractivity contribution is 9.11. The molecule has 0 amide bonds. The Morgan fingerprint density at radius 1 is 1.15 bits per heavy atom. The maximum absolute atomic E-state index is 6.44. The molecule has 0 fully saturated rings. The van der Waals surface area contributed by atoms with Crippen LogP contribution in [0.2, 0.25) is 5.02 Å². The lowest BCUT2D eigenvalue weighted by molar-refractivity contribution is 0.352. The van der Waals surface area contributed by atoms with Crippen molar-refractivity contribution in [3.63, 3.8) is 0 Å². The van der Waals surface area contributed by atoms with Crippen molar-refractivity contribution >= 4 is 43.5 Å². The van der Waals surface area contributed by atoms with Gasteiger partial charge in [0.05, 0.1) is 12.6 Å². The van der Waals surface area contributed by atoms with E-state index in [2.05, 4.69) is 31.9 Å². The molecule has 2 nitrogen and oxygen atoms in total. The minimum atomic E-state index is -0.285. The second-order valence-corrected chi connectivity index (χ2v) is 6.93. The Hall–Kier alpha value is -0.550. The Labute approximate surface area is 139 Å². The summed E-state index contributed by atoms with van der Waals surface area (Å²) >= 11 is 13.2. The molecule has 1 aliphatic heterocycles. The van der Waals surface area contributed by atoms with Gasteiger partial charge in [-0.15, -0.1) is 0 Å². The van der Waals surface area contributed by atoms with E-state index in [4.69, 9.17) is 22.1 Å². The van der Waals surface area contributed by atoms with Crippen molar-refractivity contribution in [2.75, 3.05) is 6.61 Å². The number of nitrogens with two attached hydrogens (primary N) is 1. The molecule has 1 unspecified atom stereocenters. The molecule has 0 radical (unpaired) electrons. The second-order valence-electron chi connectivity index (χ2n) is 4.73. The number of hydrogen-bond donors (Lipinski definition) is 1. The van der Waals surface area contributed by atoms with Crippen LogP contribution in [0, 0.1) is 0 Å². The SMILES string of the molecule is NC(c1cc(Br)ccc1Br)c1cc(Cl)cc2c1OCC2. The van der Waals surface area contributed by atoms with Crippen LogP contribution in [-0.4, -0.2) is 6.61 Å². The lowest BCUT2D eigenvalue weighted by Crippen LogP contribution is -2.13. The average Bonchev–Trinajstić information content (AvgIpc) is 2.87. The van der Waals surface area contributed by atoms with Gasteiger partial charge in [0.2, 0.25) is 0 Å². The molecule has 0 saturated carbocycles. The van der Waals surface area contributed by atoms with Gasteiger partial charge in [0.1, 0.15) is 5.75 Å². The molecule has 1 heterocycles. The average molecular weight is 418 g/mol. The zero-order valence-electron chi connectivity index (χ0n) is 10.5. The third-order valence-corrected chi connectivity index (χ3v) is 4.84. The van der Waals surface area contributed by atoms with Crippen LogP contribution >= 0.6 is 43.5 Å². The predicted molar refractivity (Wildman–Crippen MR) is 88.5 cm³/mol. The highest BCUT2D eigenvalue weighted by atomic mass is 79.9. The number of benzene rings is 2. The summed E-state index contributed by atoms with van der Waals surface area (Å²) in [7, 11) is 0. The fraction of sp³-hybridized carbons (Fsp3) is 0.200. The van der Waals surface area contributed by atoms with Crippen LogP contribution in [-0.2, 0) is 6.42 Å². The largest absolute Gasteiger partial charge is 0.493 e. The van der Waals surface area contributed by atoms with Crippen LogP contribution in [0.4, 0.5) is 0 Å². The van der Waals surface area contributed by atoms with Gasteiger partial charge in [-0.2, -0.15) is 0 Å². The summed E-state index contributed by atoms with van der Waals surface area (Å²) < 4.78 is 7.70. The van der Waals surface area contributed by atoms with Crippen LogP contribution in [0.1, 0.15) is 22.7 Å². The van der Waals surface area contributed by atoms with Crippen molar-refractivity contribution < 1.29 is 4.74 Å². The first-order valence-corrected chi connectivity index (χ1v) is 8.18. The van der Waals surface area contributed by atoms with Gasteiger partial charge in [0.15, 0.2) is 0 Å². The molecule has 1 atom stereocenters. The van der Waals surface area contributed by atoms with Gasteiger partial charge in [-0.05, 0) is 41.5 Å². The summed E-state index contributed by atoms with van der Waals surface area (Å²) in [6.45, 7) is 0.690. The lowest BCUT2D eigenvalue weighted by atomic mass is 9.96. The van der Waals surface area contributed by atoms with Crippen LogP contribution < -0.4 is 10.5 Å². The van der Waals surface area contributed by atoms with E-state index in [1.54, 1.807) is 0 Å². The van der Waals surface area contributed by atoms with E-state index in [1.165, 1.54) is 0 Å². The van der Waals surface area contributed by atoms with Crippen molar-refractivity contribution in [1.82, 2.24) is 0 Å².